The summed E-state index contributed by atoms with van der Waals surface area (Å²) in [5.41, 5.74) is 5.40. The third kappa shape index (κ3) is 5.35. The molecule has 2 aromatic heterocycles. The fourth-order valence-corrected chi connectivity index (χ4v) is 5.89. The van der Waals surface area contributed by atoms with Gasteiger partial charge in [-0.25, -0.2) is 9.67 Å². The van der Waals surface area contributed by atoms with Gasteiger partial charge in [0.15, 0.2) is 5.65 Å². The van der Waals surface area contributed by atoms with Crippen molar-refractivity contribution in [1.82, 2.24) is 35.2 Å². The van der Waals surface area contributed by atoms with Crippen molar-refractivity contribution in [3.05, 3.63) is 53.0 Å². The van der Waals surface area contributed by atoms with Crippen molar-refractivity contribution >= 4 is 22.8 Å². The molecule has 2 fully saturated rings. The molecule has 0 unspecified atom stereocenters. The number of nitrogens with zero attached hydrogens (tertiary/aromatic N) is 6. The maximum absolute atomic E-state index is 13.6. The molecule has 5 rings (SSSR count). The van der Waals surface area contributed by atoms with Crippen LogP contribution in [0.1, 0.15) is 56.9 Å². The zero-order chi connectivity index (χ0) is 27.0. The second-order valence-electron chi connectivity index (χ2n) is 11.3. The first-order valence-corrected chi connectivity index (χ1v) is 13.9. The summed E-state index contributed by atoms with van der Waals surface area (Å²) in [4.78, 5) is 26.0. The number of fused-ring (bicyclic) bond motifs is 1. The number of dihydropyridines is 1. The van der Waals surface area contributed by atoms with E-state index in [0.29, 0.717) is 18.2 Å². The quantitative estimate of drug-likeness (QED) is 0.607. The third-order valence-electron chi connectivity index (χ3n) is 8.18. The minimum Gasteiger partial charge on any atom is -0.359 e. The molecule has 5 heterocycles. The molecular weight excluding hydrogens is 476 g/mol. The number of piperazine rings is 1. The van der Waals surface area contributed by atoms with Crippen LogP contribution in [0.2, 0.25) is 0 Å². The number of rotatable bonds is 6. The third-order valence-corrected chi connectivity index (χ3v) is 8.18. The Labute approximate surface area is 226 Å². The van der Waals surface area contributed by atoms with Gasteiger partial charge < -0.3 is 20.4 Å². The fraction of sp³-hybridized carbons (Fsp3) is 0.552. The monoisotopic (exact) mass is 518 g/mol. The first kappa shape index (κ1) is 26.4. The number of anilines is 1. The van der Waals surface area contributed by atoms with Gasteiger partial charge in [-0.3, -0.25) is 9.69 Å². The number of aromatic nitrogens is 3. The molecule has 1 amide bonds. The SMILES string of the molecule is C=C1NC(C)=CC(C)=C1CNC(=O)c1cc(N2CCC(N3CCN(C)CC3)CC2)nc2c1cnn2C(C)C. The van der Waals surface area contributed by atoms with E-state index in [1.54, 1.807) is 6.20 Å². The van der Waals surface area contributed by atoms with E-state index in [-0.39, 0.29) is 11.9 Å². The number of pyridine rings is 1. The number of carbonyl (C=O) groups excluding carboxylic acids is 1. The molecule has 2 aromatic rings. The molecule has 0 radical (unpaired) electrons. The lowest BCUT2D eigenvalue weighted by atomic mass is 10.0. The van der Waals surface area contributed by atoms with Crippen molar-refractivity contribution in [3.8, 4) is 0 Å². The number of allylic oxidation sites excluding steroid dienone is 3. The van der Waals surface area contributed by atoms with Crippen molar-refractivity contribution in [2.24, 2.45) is 0 Å². The van der Waals surface area contributed by atoms with Gasteiger partial charge >= 0.3 is 0 Å². The molecule has 0 aromatic carbocycles. The van der Waals surface area contributed by atoms with Crippen LogP contribution in [0.4, 0.5) is 5.82 Å². The van der Waals surface area contributed by atoms with Crippen LogP contribution >= 0.6 is 0 Å². The van der Waals surface area contributed by atoms with E-state index in [1.807, 2.05) is 17.7 Å². The topological polar surface area (TPSA) is 81.6 Å². The van der Waals surface area contributed by atoms with Gasteiger partial charge in [0, 0.05) is 69.3 Å². The predicted octanol–water partition coefficient (Wildman–Crippen LogP) is 3.30. The van der Waals surface area contributed by atoms with E-state index in [1.165, 1.54) is 0 Å². The first-order chi connectivity index (χ1) is 18.2. The zero-order valence-electron chi connectivity index (χ0n) is 23.5. The van der Waals surface area contributed by atoms with Crippen LogP contribution in [0.15, 0.2) is 47.5 Å². The van der Waals surface area contributed by atoms with Crippen LogP contribution < -0.4 is 15.5 Å². The van der Waals surface area contributed by atoms with Crippen molar-refractivity contribution in [2.75, 3.05) is 57.8 Å². The van der Waals surface area contributed by atoms with Gasteiger partial charge in [0.1, 0.15) is 5.82 Å². The van der Waals surface area contributed by atoms with Gasteiger partial charge in [0.25, 0.3) is 5.91 Å². The van der Waals surface area contributed by atoms with Crippen molar-refractivity contribution < 1.29 is 4.79 Å². The number of amides is 1. The van der Waals surface area contributed by atoms with Crippen molar-refractivity contribution in [2.45, 2.75) is 52.6 Å². The van der Waals surface area contributed by atoms with Gasteiger partial charge in [0.2, 0.25) is 0 Å². The Morgan fingerprint density at radius 3 is 2.53 bits per heavy atom. The highest BCUT2D eigenvalue weighted by molar-refractivity contribution is 6.06. The molecule has 9 nitrogen and oxygen atoms in total. The minimum absolute atomic E-state index is 0.117. The van der Waals surface area contributed by atoms with Crippen LogP contribution in [0.25, 0.3) is 11.0 Å². The number of likely N-dealkylation sites (N-methyl/N-ethyl adjacent to an activating group) is 1. The summed E-state index contributed by atoms with van der Waals surface area (Å²) in [5.74, 6) is 0.744. The van der Waals surface area contributed by atoms with Gasteiger partial charge in [-0.05, 0) is 70.9 Å². The molecule has 0 spiro atoms. The van der Waals surface area contributed by atoms with Gasteiger partial charge in [-0.1, -0.05) is 6.58 Å². The molecule has 9 heteroatoms. The molecule has 0 saturated carbocycles. The van der Waals surface area contributed by atoms with Crippen LogP contribution in [-0.4, -0.2) is 89.4 Å². The summed E-state index contributed by atoms with van der Waals surface area (Å²) in [6.45, 7) is 19.3. The molecule has 2 saturated heterocycles. The van der Waals surface area contributed by atoms with Crippen molar-refractivity contribution in [3.63, 3.8) is 0 Å². The second kappa shape index (κ2) is 10.9. The molecule has 3 aliphatic rings. The van der Waals surface area contributed by atoms with Gasteiger partial charge in [0.05, 0.1) is 17.1 Å². The van der Waals surface area contributed by atoms with E-state index in [9.17, 15) is 4.79 Å². The summed E-state index contributed by atoms with van der Waals surface area (Å²) in [7, 11) is 2.20. The highest BCUT2D eigenvalue weighted by atomic mass is 16.1. The molecule has 3 aliphatic heterocycles. The lowest BCUT2D eigenvalue weighted by Gasteiger charge is -2.42. The van der Waals surface area contributed by atoms with Gasteiger partial charge in [-0.15, -0.1) is 0 Å². The summed E-state index contributed by atoms with van der Waals surface area (Å²) in [6.07, 6.45) is 6.09. The first-order valence-electron chi connectivity index (χ1n) is 13.9. The largest absolute Gasteiger partial charge is 0.359 e. The summed E-state index contributed by atoms with van der Waals surface area (Å²) in [6, 6.07) is 2.73. The van der Waals surface area contributed by atoms with Crippen LogP contribution in [0.5, 0.6) is 0 Å². The Hall–Kier alpha value is -3.17. The number of carbonyl (C=O) groups is 1. The van der Waals surface area contributed by atoms with E-state index in [0.717, 1.165) is 91.5 Å². The Bertz CT molecular complexity index is 1270. The highest BCUT2D eigenvalue weighted by Gasteiger charge is 2.28. The summed E-state index contributed by atoms with van der Waals surface area (Å²) < 4.78 is 1.92. The average molecular weight is 519 g/mol. The lowest BCUT2D eigenvalue weighted by Crippen LogP contribution is -2.52. The predicted molar refractivity (Wildman–Crippen MR) is 153 cm³/mol. The second-order valence-corrected chi connectivity index (χ2v) is 11.3. The Balaban J connectivity index is 1.37. The number of piperidine rings is 1. The number of hydrogen-bond donors (Lipinski definition) is 2. The van der Waals surface area contributed by atoms with Crippen molar-refractivity contribution in [1.29, 1.82) is 0 Å². The summed E-state index contributed by atoms with van der Waals surface area (Å²) in [5, 5.41) is 11.8. The minimum atomic E-state index is -0.117. The molecule has 204 valence electrons. The Morgan fingerprint density at radius 1 is 1.16 bits per heavy atom. The van der Waals surface area contributed by atoms with E-state index in [2.05, 4.69) is 70.9 Å². The Kier molecular flexibility index (Phi) is 7.59. The molecule has 0 aliphatic carbocycles. The zero-order valence-corrected chi connectivity index (χ0v) is 23.5. The summed E-state index contributed by atoms with van der Waals surface area (Å²) >= 11 is 0. The van der Waals surface area contributed by atoms with E-state index in [4.69, 9.17) is 4.98 Å². The average Bonchev–Trinajstić information content (AvgIpc) is 3.32. The number of nitrogens with one attached hydrogen (secondary N) is 2. The van der Waals surface area contributed by atoms with E-state index >= 15 is 0 Å². The molecule has 0 atom stereocenters. The van der Waals surface area contributed by atoms with Crippen LogP contribution in [0, 0.1) is 0 Å². The van der Waals surface area contributed by atoms with E-state index < -0.39 is 0 Å². The molecule has 0 bridgehead atoms. The molecule has 2 N–H and O–H groups in total. The number of hydrogen-bond acceptors (Lipinski definition) is 7. The van der Waals surface area contributed by atoms with Crippen LogP contribution in [-0.2, 0) is 0 Å². The molecule has 38 heavy (non-hydrogen) atoms. The normalized spacial score (nSPS) is 20.3. The fourth-order valence-electron chi connectivity index (χ4n) is 5.89. The smallest absolute Gasteiger partial charge is 0.252 e. The maximum Gasteiger partial charge on any atom is 0.252 e. The standard InChI is InChI=1S/C29H42N8O/c1-19(2)37-28-26(18-31-37)24(29(38)30-17-25-20(3)15-21(4)32-22(25)5)16-27(33-28)36-9-7-23(8-10-36)35-13-11-34(6)12-14-35/h15-16,18-19,23,32H,5,7-14,17H2,1-4,6H3,(H,30,38). The Morgan fingerprint density at radius 2 is 1.87 bits per heavy atom. The highest BCUT2D eigenvalue weighted by Crippen LogP contribution is 2.28. The van der Waals surface area contributed by atoms with Gasteiger partial charge in [-0.2, -0.15) is 5.10 Å². The van der Waals surface area contributed by atoms with Crippen LogP contribution in [0.3, 0.4) is 0 Å². The maximum atomic E-state index is 13.6. The molecular formula is C29H42N8O. The lowest BCUT2D eigenvalue weighted by molar-refractivity contribution is 0.0958.